The first-order valence-corrected chi connectivity index (χ1v) is 6.31. The van der Waals surface area contributed by atoms with E-state index in [1.165, 1.54) is 3.57 Å². The molecule has 0 aromatic heterocycles. The largest absolute Gasteiger partial charge is 0.491 e. The molecule has 0 amide bonds. The van der Waals surface area contributed by atoms with Crippen molar-refractivity contribution in [3.8, 4) is 0 Å². The Morgan fingerprint density at radius 1 is 1.31 bits per heavy atom. The lowest BCUT2D eigenvalue weighted by Crippen LogP contribution is -2.21. The van der Waals surface area contributed by atoms with E-state index in [2.05, 4.69) is 46.6 Å². The van der Waals surface area contributed by atoms with Gasteiger partial charge in [0.15, 0.2) is 0 Å². The van der Waals surface area contributed by atoms with Crippen molar-refractivity contribution in [1.82, 2.24) is 0 Å². The Bertz CT molecular complexity index is 351. The molecule has 2 nitrogen and oxygen atoms in total. The summed E-state index contributed by atoms with van der Waals surface area (Å²) >= 11 is 2.29. The molecule has 1 rings (SSSR count). The molecule has 0 saturated heterocycles. The summed E-state index contributed by atoms with van der Waals surface area (Å²) in [4.78, 5) is 0. The summed E-state index contributed by atoms with van der Waals surface area (Å²) in [5, 5.41) is 3.27. The molecule has 1 aromatic rings. The monoisotopic (exact) mass is 331 g/mol. The van der Waals surface area contributed by atoms with Crippen molar-refractivity contribution >= 4 is 28.3 Å². The minimum atomic E-state index is -0.176. The lowest BCUT2D eigenvalue weighted by Gasteiger charge is -2.23. The first-order chi connectivity index (χ1) is 7.37. The molecule has 0 fully saturated rings. The third-order valence-corrected chi connectivity index (χ3v) is 2.50. The van der Waals surface area contributed by atoms with Crippen molar-refractivity contribution < 1.29 is 4.74 Å². The van der Waals surface area contributed by atoms with Crippen molar-refractivity contribution in [2.24, 2.45) is 0 Å². The van der Waals surface area contributed by atoms with Gasteiger partial charge >= 0.3 is 0 Å². The van der Waals surface area contributed by atoms with Crippen LogP contribution in [0.2, 0.25) is 0 Å². The zero-order valence-corrected chi connectivity index (χ0v) is 12.2. The summed E-state index contributed by atoms with van der Waals surface area (Å²) in [5.41, 5.74) is 0.907. The maximum atomic E-state index is 5.62. The van der Waals surface area contributed by atoms with Crippen LogP contribution in [0.15, 0.2) is 36.6 Å². The van der Waals surface area contributed by atoms with Crippen LogP contribution in [-0.2, 0) is 4.74 Å². The van der Waals surface area contributed by atoms with Gasteiger partial charge in [-0.1, -0.05) is 6.58 Å². The lowest BCUT2D eigenvalue weighted by atomic mass is 10.2. The topological polar surface area (TPSA) is 21.3 Å². The molecule has 0 unspecified atom stereocenters. The number of nitrogens with one attached hydrogen (secondary N) is 1. The first kappa shape index (κ1) is 13.4. The molecule has 0 spiro atoms. The summed E-state index contributed by atoms with van der Waals surface area (Å²) in [6.07, 6.45) is 0. The van der Waals surface area contributed by atoms with Gasteiger partial charge in [0.05, 0.1) is 6.54 Å². The normalized spacial score (nSPS) is 11.0. The van der Waals surface area contributed by atoms with Gasteiger partial charge in [-0.25, -0.2) is 0 Å². The van der Waals surface area contributed by atoms with Crippen molar-refractivity contribution in [3.63, 3.8) is 0 Å². The van der Waals surface area contributed by atoms with Gasteiger partial charge in [-0.15, -0.1) is 0 Å². The van der Waals surface area contributed by atoms with E-state index in [0.717, 1.165) is 11.4 Å². The van der Waals surface area contributed by atoms with E-state index in [0.29, 0.717) is 6.54 Å². The van der Waals surface area contributed by atoms with E-state index >= 15 is 0 Å². The average molecular weight is 331 g/mol. The van der Waals surface area contributed by atoms with Crippen LogP contribution >= 0.6 is 22.6 Å². The Morgan fingerprint density at radius 3 is 2.38 bits per heavy atom. The van der Waals surface area contributed by atoms with Crippen molar-refractivity contribution in [2.75, 3.05) is 11.9 Å². The Kier molecular flexibility index (Phi) is 4.65. The predicted molar refractivity (Wildman–Crippen MR) is 77.6 cm³/mol. The van der Waals surface area contributed by atoms with Crippen LogP contribution in [0.3, 0.4) is 0 Å². The highest BCUT2D eigenvalue weighted by Gasteiger charge is 2.11. The number of anilines is 1. The molecule has 0 radical (unpaired) electrons. The molecular weight excluding hydrogens is 313 g/mol. The van der Waals surface area contributed by atoms with Gasteiger partial charge in [0.2, 0.25) is 0 Å². The van der Waals surface area contributed by atoms with E-state index in [-0.39, 0.29) is 5.60 Å². The maximum absolute atomic E-state index is 5.62. The molecule has 0 saturated carbocycles. The van der Waals surface area contributed by atoms with Gasteiger partial charge in [-0.2, -0.15) is 0 Å². The summed E-state index contributed by atoms with van der Waals surface area (Å²) in [7, 11) is 0. The van der Waals surface area contributed by atoms with Gasteiger partial charge in [-0.3, -0.25) is 0 Å². The van der Waals surface area contributed by atoms with Gasteiger partial charge < -0.3 is 10.1 Å². The fraction of sp³-hybridized carbons (Fsp3) is 0.385. The van der Waals surface area contributed by atoms with Crippen molar-refractivity contribution in [1.29, 1.82) is 0 Å². The number of halogens is 1. The smallest absolute Gasteiger partial charge is 0.109 e. The second kappa shape index (κ2) is 5.57. The SMILES string of the molecule is C=C(CNc1ccc(I)cc1)OC(C)(C)C. The molecular formula is C13H18INO. The molecule has 88 valence electrons. The molecule has 0 aliphatic rings. The fourth-order valence-electron chi connectivity index (χ4n) is 1.24. The molecule has 1 aromatic carbocycles. The second-order valence-corrected chi connectivity index (χ2v) is 5.86. The van der Waals surface area contributed by atoms with E-state index in [9.17, 15) is 0 Å². The van der Waals surface area contributed by atoms with E-state index in [4.69, 9.17) is 4.74 Å². The zero-order chi connectivity index (χ0) is 12.2. The molecule has 0 aliphatic carbocycles. The molecule has 16 heavy (non-hydrogen) atoms. The lowest BCUT2D eigenvalue weighted by molar-refractivity contribution is 0.0530. The zero-order valence-electron chi connectivity index (χ0n) is 10.0. The van der Waals surface area contributed by atoms with Gasteiger partial charge in [0.1, 0.15) is 11.4 Å². The first-order valence-electron chi connectivity index (χ1n) is 5.23. The predicted octanol–water partition coefficient (Wildman–Crippen LogP) is 4.03. The number of rotatable bonds is 4. The Labute approximate surface area is 111 Å². The summed E-state index contributed by atoms with van der Waals surface area (Å²) < 4.78 is 6.85. The maximum Gasteiger partial charge on any atom is 0.109 e. The molecule has 1 N–H and O–H groups in total. The minimum absolute atomic E-state index is 0.176. The highest BCUT2D eigenvalue weighted by atomic mass is 127. The summed E-state index contributed by atoms with van der Waals surface area (Å²) in [6, 6.07) is 8.23. The summed E-state index contributed by atoms with van der Waals surface area (Å²) in [6.45, 7) is 10.6. The van der Waals surface area contributed by atoms with Crippen LogP contribution in [0.4, 0.5) is 5.69 Å². The number of benzene rings is 1. The van der Waals surface area contributed by atoms with Crippen molar-refractivity contribution in [2.45, 2.75) is 26.4 Å². The minimum Gasteiger partial charge on any atom is -0.491 e. The third kappa shape index (κ3) is 5.39. The van der Waals surface area contributed by atoms with Crippen LogP contribution in [0.5, 0.6) is 0 Å². The van der Waals surface area contributed by atoms with Crippen LogP contribution in [0.1, 0.15) is 20.8 Å². The van der Waals surface area contributed by atoms with E-state index in [1.54, 1.807) is 0 Å². The fourth-order valence-corrected chi connectivity index (χ4v) is 1.60. The summed E-state index contributed by atoms with van der Waals surface area (Å²) in [5.74, 6) is 0.756. The molecule has 0 aliphatic heterocycles. The van der Waals surface area contributed by atoms with Crippen LogP contribution in [-0.4, -0.2) is 12.1 Å². The molecule has 3 heteroatoms. The van der Waals surface area contributed by atoms with Gasteiger partial charge in [-0.05, 0) is 67.6 Å². The average Bonchev–Trinajstić information content (AvgIpc) is 2.14. The molecule has 0 atom stereocenters. The highest BCUT2D eigenvalue weighted by molar-refractivity contribution is 14.1. The van der Waals surface area contributed by atoms with E-state index in [1.807, 2.05) is 32.9 Å². The standard InChI is InChI=1S/C13H18INO/c1-10(16-13(2,3)4)9-15-12-7-5-11(14)6-8-12/h5-8,15H,1,9H2,2-4H3. The number of hydrogen-bond acceptors (Lipinski definition) is 2. The molecule has 0 bridgehead atoms. The Morgan fingerprint density at radius 2 is 1.88 bits per heavy atom. The quantitative estimate of drug-likeness (QED) is 0.664. The van der Waals surface area contributed by atoms with Crippen molar-refractivity contribution in [3.05, 3.63) is 40.2 Å². The Hall–Kier alpha value is -0.710. The van der Waals surface area contributed by atoms with Gasteiger partial charge in [0.25, 0.3) is 0 Å². The highest BCUT2D eigenvalue weighted by Crippen LogP contribution is 2.14. The Balaban J connectivity index is 2.40. The van der Waals surface area contributed by atoms with Crippen LogP contribution in [0.25, 0.3) is 0 Å². The van der Waals surface area contributed by atoms with Gasteiger partial charge in [0, 0.05) is 9.26 Å². The second-order valence-electron chi connectivity index (χ2n) is 4.61. The third-order valence-electron chi connectivity index (χ3n) is 1.78. The molecule has 0 heterocycles. The number of ether oxygens (including phenoxy) is 1. The van der Waals surface area contributed by atoms with E-state index < -0.39 is 0 Å². The van der Waals surface area contributed by atoms with Crippen LogP contribution in [0, 0.1) is 3.57 Å². The van der Waals surface area contributed by atoms with Crippen LogP contribution < -0.4 is 5.32 Å². The number of hydrogen-bond donors (Lipinski definition) is 1.